The number of amides is 2. The van der Waals surface area contributed by atoms with Crippen LogP contribution >= 0.6 is 0 Å². The molecule has 0 spiro atoms. The zero-order chi connectivity index (χ0) is 15.0. The number of likely N-dealkylation sites (tertiary alicyclic amines) is 1. The first-order valence-corrected chi connectivity index (χ1v) is 7.79. The first-order valence-electron chi connectivity index (χ1n) is 7.79. The summed E-state index contributed by atoms with van der Waals surface area (Å²) in [7, 11) is 0. The normalized spacial score (nSPS) is 23.9. The Balaban J connectivity index is 1.85. The summed E-state index contributed by atoms with van der Waals surface area (Å²) in [5, 5.41) is 3.35. The molecule has 2 amide bonds. The Morgan fingerprint density at radius 3 is 2.62 bits per heavy atom. The molecule has 2 aliphatic heterocycles. The number of fused-ring (bicyclic) bond motifs is 1. The molecular weight excluding hydrogens is 264 g/mol. The van der Waals surface area contributed by atoms with E-state index in [-0.39, 0.29) is 17.9 Å². The van der Waals surface area contributed by atoms with Crippen molar-refractivity contribution < 1.29 is 9.59 Å². The van der Waals surface area contributed by atoms with Crippen molar-refractivity contribution >= 4 is 17.5 Å². The molecule has 1 N–H and O–H groups in total. The second-order valence-electron chi connectivity index (χ2n) is 6.13. The summed E-state index contributed by atoms with van der Waals surface area (Å²) in [6, 6.07) is 8.05. The third kappa shape index (κ3) is 2.13. The molecule has 0 bridgehead atoms. The summed E-state index contributed by atoms with van der Waals surface area (Å²) in [5.41, 5.74) is 1.83. The van der Waals surface area contributed by atoms with E-state index in [1.807, 2.05) is 32.0 Å². The lowest BCUT2D eigenvalue weighted by atomic mass is 9.81. The summed E-state index contributed by atoms with van der Waals surface area (Å²) in [6.07, 6.45) is 2.60. The number of anilines is 1. The van der Waals surface area contributed by atoms with Gasteiger partial charge in [0.15, 0.2) is 0 Å². The standard InChI is InChI=1S/C17H22N2O2/c1-3-17(4-2)10-15(20)19(16(17)21)13-9-12-7-5-6-8-14(12)18-11-13/h5-8,13,18H,3-4,9-11H2,1-2H3. The van der Waals surface area contributed by atoms with E-state index in [9.17, 15) is 9.59 Å². The fraction of sp³-hybridized carbons (Fsp3) is 0.529. The van der Waals surface area contributed by atoms with Crippen molar-refractivity contribution in [1.82, 2.24) is 4.90 Å². The number of carbonyl (C=O) groups is 2. The molecule has 0 aliphatic carbocycles. The monoisotopic (exact) mass is 286 g/mol. The van der Waals surface area contributed by atoms with Crippen LogP contribution in [0, 0.1) is 5.41 Å². The SMILES string of the molecule is CCC1(CC)CC(=O)N(C2CNc3ccccc3C2)C1=O. The number of para-hydroxylation sites is 1. The zero-order valence-electron chi connectivity index (χ0n) is 12.7. The molecular formula is C17H22N2O2. The molecule has 1 aromatic carbocycles. The predicted molar refractivity (Wildman–Crippen MR) is 81.9 cm³/mol. The molecule has 0 aromatic heterocycles. The van der Waals surface area contributed by atoms with Crippen LogP contribution in [-0.2, 0) is 16.0 Å². The lowest BCUT2D eigenvalue weighted by Crippen LogP contribution is -2.48. The lowest BCUT2D eigenvalue weighted by Gasteiger charge is -2.33. The lowest BCUT2D eigenvalue weighted by molar-refractivity contribution is -0.144. The molecule has 1 aromatic rings. The highest BCUT2D eigenvalue weighted by Crippen LogP contribution is 2.41. The topological polar surface area (TPSA) is 49.4 Å². The van der Waals surface area contributed by atoms with Crippen LogP contribution in [0.15, 0.2) is 24.3 Å². The average molecular weight is 286 g/mol. The highest BCUT2D eigenvalue weighted by atomic mass is 16.2. The molecule has 21 heavy (non-hydrogen) atoms. The predicted octanol–water partition coefficient (Wildman–Crippen LogP) is 2.59. The maximum Gasteiger partial charge on any atom is 0.236 e. The van der Waals surface area contributed by atoms with E-state index in [0.717, 1.165) is 24.9 Å². The van der Waals surface area contributed by atoms with Crippen molar-refractivity contribution in [3.05, 3.63) is 29.8 Å². The van der Waals surface area contributed by atoms with Crippen LogP contribution in [0.2, 0.25) is 0 Å². The molecule has 2 heterocycles. The van der Waals surface area contributed by atoms with Crippen LogP contribution in [-0.4, -0.2) is 29.3 Å². The van der Waals surface area contributed by atoms with E-state index in [2.05, 4.69) is 11.4 Å². The van der Waals surface area contributed by atoms with Crippen LogP contribution in [0.3, 0.4) is 0 Å². The highest BCUT2D eigenvalue weighted by molar-refractivity contribution is 6.06. The highest BCUT2D eigenvalue weighted by Gasteiger charge is 2.51. The van der Waals surface area contributed by atoms with Crippen molar-refractivity contribution in [3.8, 4) is 0 Å². The van der Waals surface area contributed by atoms with E-state index >= 15 is 0 Å². The molecule has 4 heteroatoms. The Morgan fingerprint density at radius 1 is 1.24 bits per heavy atom. The first kappa shape index (κ1) is 14.1. The quantitative estimate of drug-likeness (QED) is 0.869. The van der Waals surface area contributed by atoms with Gasteiger partial charge in [-0.3, -0.25) is 14.5 Å². The Bertz CT molecular complexity index is 578. The summed E-state index contributed by atoms with van der Waals surface area (Å²) < 4.78 is 0. The maximum absolute atomic E-state index is 12.8. The van der Waals surface area contributed by atoms with E-state index in [4.69, 9.17) is 0 Å². The van der Waals surface area contributed by atoms with Crippen molar-refractivity contribution in [2.75, 3.05) is 11.9 Å². The van der Waals surface area contributed by atoms with Gasteiger partial charge in [0.1, 0.15) is 0 Å². The molecule has 1 atom stereocenters. The van der Waals surface area contributed by atoms with Crippen molar-refractivity contribution in [3.63, 3.8) is 0 Å². The summed E-state index contributed by atoms with van der Waals surface area (Å²) in [6.45, 7) is 4.66. The third-order valence-electron chi connectivity index (χ3n) is 5.15. The van der Waals surface area contributed by atoms with Gasteiger partial charge >= 0.3 is 0 Å². The molecule has 2 aliphatic rings. The van der Waals surface area contributed by atoms with Crippen molar-refractivity contribution in [1.29, 1.82) is 0 Å². The fourth-order valence-electron chi connectivity index (χ4n) is 3.60. The Hall–Kier alpha value is -1.84. The van der Waals surface area contributed by atoms with E-state index in [1.54, 1.807) is 0 Å². The smallest absolute Gasteiger partial charge is 0.236 e. The number of nitrogens with zero attached hydrogens (tertiary/aromatic N) is 1. The van der Waals surface area contributed by atoms with E-state index in [1.165, 1.54) is 10.5 Å². The number of carbonyl (C=O) groups excluding carboxylic acids is 2. The van der Waals surface area contributed by atoms with Gasteiger partial charge < -0.3 is 5.32 Å². The number of imide groups is 1. The van der Waals surface area contributed by atoms with Crippen LogP contribution in [0.25, 0.3) is 0 Å². The Labute approximate surface area is 125 Å². The molecule has 3 rings (SSSR count). The Kier molecular flexibility index (Phi) is 3.47. The summed E-state index contributed by atoms with van der Waals surface area (Å²) in [4.78, 5) is 26.7. The van der Waals surface area contributed by atoms with Crippen LogP contribution in [0.5, 0.6) is 0 Å². The summed E-state index contributed by atoms with van der Waals surface area (Å²) >= 11 is 0. The van der Waals surface area contributed by atoms with Gasteiger partial charge in [0.05, 0.1) is 11.5 Å². The van der Waals surface area contributed by atoms with Crippen molar-refractivity contribution in [2.24, 2.45) is 5.41 Å². The van der Waals surface area contributed by atoms with Gasteiger partial charge in [0, 0.05) is 18.7 Å². The van der Waals surface area contributed by atoms with Gasteiger partial charge in [-0.2, -0.15) is 0 Å². The number of hydrogen-bond acceptors (Lipinski definition) is 3. The minimum Gasteiger partial charge on any atom is -0.383 e. The molecule has 1 fully saturated rings. The number of hydrogen-bond donors (Lipinski definition) is 1. The Morgan fingerprint density at radius 2 is 1.95 bits per heavy atom. The van der Waals surface area contributed by atoms with Crippen molar-refractivity contribution in [2.45, 2.75) is 45.6 Å². The molecule has 1 unspecified atom stereocenters. The number of nitrogens with one attached hydrogen (secondary N) is 1. The first-order chi connectivity index (χ1) is 10.1. The fourth-order valence-corrected chi connectivity index (χ4v) is 3.60. The average Bonchev–Trinajstić information content (AvgIpc) is 2.78. The van der Waals surface area contributed by atoms with Gasteiger partial charge in [-0.15, -0.1) is 0 Å². The second kappa shape index (κ2) is 5.17. The molecule has 0 saturated carbocycles. The van der Waals surface area contributed by atoms with Gasteiger partial charge in [0.2, 0.25) is 11.8 Å². The van der Waals surface area contributed by atoms with Crippen LogP contribution < -0.4 is 5.32 Å². The van der Waals surface area contributed by atoms with E-state index < -0.39 is 5.41 Å². The van der Waals surface area contributed by atoms with Gasteiger partial charge in [0.25, 0.3) is 0 Å². The van der Waals surface area contributed by atoms with Gasteiger partial charge in [-0.1, -0.05) is 32.0 Å². The number of benzene rings is 1. The van der Waals surface area contributed by atoms with E-state index in [0.29, 0.717) is 13.0 Å². The molecule has 4 nitrogen and oxygen atoms in total. The summed E-state index contributed by atoms with van der Waals surface area (Å²) in [5.74, 6) is 0.0264. The minimum atomic E-state index is -0.464. The van der Waals surface area contributed by atoms with Gasteiger partial charge in [-0.05, 0) is 30.9 Å². The van der Waals surface area contributed by atoms with Gasteiger partial charge in [-0.25, -0.2) is 0 Å². The molecule has 1 saturated heterocycles. The largest absolute Gasteiger partial charge is 0.383 e. The molecule has 0 radical (unpaired) electrons. The maximum atomic E-state index is 12.8. The van der Waals surface area contributed by atoms with Crippen LogP contribution in [0.1, 0.15) is 38.7 Å². The third-order valence-corrected chi connectivity index (χ3v) is 5.15. The number of rotatable bonds is 3. The molecule has 112 valence electrons. The minimum absolute atomic E-state index is 0.00474. The second-order valence-corrected chi connectivity index (χ2v) is 6.13. The zero-order valence-corrected chi connectivity index (χ0v) is 12.7. The van der Waals surface area contributed by atoms with Crippen LogP contribution in [0.4, 0.5) is 5.69 Å².